The lowest BCUT2D eigenvalue weighted by Crippen LogP contribution is -2.25. The molecule has 2 atom stereocenters. The number of non-ortho nitro benzene ring substituents is 1. The molecule has 0 bridgehead atoms. The molecule has 1 aromatic carbocycles. The summed E-state index contributed by atoms with van der Waals surface area (Å²) < 4.78 is 5.23. The molecule has 0 saturated carbocycles. The largest absolute Gasteiger partial charge is 0.495 e. The molecule has 98 valence electrons. The summed E-state index contributed by atoms with van der Waals surface area (Å²) in [6.45, 7) is 2.18. The van der Waals surface area contributed by atoms with Crippen LogP contribution in [-0.2, 0) is 0 Å². The van der Waals surface area contributed by atoms with Crippen LogP contribution in [0.15, 0.2) is 18.2 Å². The van der Waals surface area contributed by atoms with Crippen LogP contribution in [0.1, 0.15) is 6.92 Å². The molecule has 6 heteroatoms. The van der Waals surface area contributed by atoms with Crippen LogP contribution in [0.3, 0.4) is 0 Å². The third-order valence-electron chi connectivity index (χ3n) is 3.10. The molecule has 5 nitrogen and oxygen atoms in total. The third-order valence-corrected chi connectivity index (χ3v) is 4.46. The minimum absolute atomic E-state index is 0.0802. The van der Waals surface area contributed by atoms with E-state index in [0.29, 0.717) is 23.4 Å². The smallest absolute Gasteiger partial charge is 0.271 e. The molecule has 1 saturated heterocycles. The van der Waals surface area contributed by atoms with E-state index in [2.05, 4.69) is 12.2 Å². The number of nitrogens with one attached hydrogen (secondary N) is 1. The van der Waals surface area contributed by atoms with Gasteiger partial charge in [-0.1, -0.05) is 6.92 Å². The van der Waals surface area contributed by atoms with Crippen molar-refractivity contribution in [3.05, 3.63) is 28.3 Å². The normalized spacial score (nSPS) is 22.8. The predicted octanol–water partition coefficient (Wildman–Crippen LogP) is 2.77. The van der Waals surface area contributed by atoms with Gasteiger partial charge in [-0.3, -0.25) is 10.1 Å². The fraction of sp³-hybridized carbons (Fsp3) is 0.500. The van der Waals surface area contributed by atoms with Gasteiger partial charge in [-0.05, 0) is 17.7 Å². The minimum atomic E-state index is -0.391. The average molecular weight is 268 g/mol. The van der Waals surface area contributed by atoms with Crippen LogP contribution in [-0.4, -0.2) is 29.6 Å². The predicted molar refractivity (Wildman–Crippen MR) is 73.5 cm³/mol. The maximum atomic E-state index is 10.8. The molecule has 2 unspecified atom stereocenters. The average Bonchev–Trinajstić information content (AvgIpc) is 2.75. The van der Waals surface area contributed by atoms with Crippen LogP contribution < -0.4 is 10.1 Å². The molecular formula is C12H16N2O3S. The van der Waals surface area contributed by atoms with Crippen LogP contribution in [0.5, 0.6) is 5.75 Å². The van der Waals surface area contributed by atoms with Crippen molar-refractivity contribution in [3.63, 3.8) is 0 Å². The molecule has 1 aliphatic heterocycles. The molecule has 0 amide bonds. The highest BCUT2D eigenvalue weighted by molar-refractivity contribution is 7.99. The van der Waals surface area contributed by atoms with E-state index in [1.165, 1.54) is 12.1 Å². The number of nitro groups is 1. The Morgan fingerprint density at radius 1 is 1.50 bits per heavy atom. The van der Waals surface area contributed by atoms with E-state index in [4.69, 9.17) is 4.74 Å². The maximum Gasteiger partial charge on any atom is 0.271 e. The topological polar surface area (TPSA) is 64.4 Å². The summed E-state index contributed by atoms with van der Waals surface area (Å²) in [6, 6.07) is 4.96. The molecular weight excluding hydrogens is 252 g/mol. The first-order valence-electron chi connectivity index (χ1n) is 5.78. The number of rotatable bonds is 4. The van der Waals surface area contributed by atoms with Crippen LogP contribution in [0.4, 0.5) is 11.4 Å². The number of methoxy groups -OCH3 is 1. The zero-order valence-electron chi connectivity index (χ0n) is 10.4. The van der Waals surface area contributed by atoms with Gasteiger partial charge < -0.3 is 10.1 Å². The summed E-state index contributed by atoms with van der Waals surface area (Å²) in [5, 5.41) is 14.1. The highest BCUT2D eigenvalue weighted by Gasteiger charge is 2.25. The molecule has 0 aliphatic carbocycles. The van der Waals surface area contributed by atoms with Gasteiger partial charge in [0, 0.05) is 23.9 Å². The second-order valence-corrected chi connectivity index (χ2v) is 5.48. The van der Waals surface area contributed by atoms with Crippen molar-refractivity contribution in [1.29, 1.82) is 0 Å². The van der Waals surface area contributed by atoms with Crippen molar-refractivity contribution in [2.45, 2.75) is 13.0 Å². The second-order valence-electron chi connectivity index (χ2n) is 4.41. The Labute approximate surface area is 110 Å². The van der Waals surface area contributed by atoms with Crippen LogP contribution >= 0.6 is 11.8 Å². The molecule has 1 N–H and O–H groups in total. The molecule has 0 aromatic heterocycles. The number of hydrogen-bond donors (Lipinski definition) is 1. The first kappa shape index (κ1) is 13.0. The van der Waals surface area contributed by atoms with Crippen molar-refractivity contribution in [2.75, 3.05) is 23.9 Å². The van der Waals surface area contributed by atoms with Crippen molar-refractivity contribution in [2.24, 2.45) is 5.92 Å². The highest BCUT2D eigenvalue weighted by atomic mass is 32.2. The lowest BCUT2D eigenvalue weighted by molar-refractivity contribution is -0.384. The van der Waals surface area contributed by atoms with Crippen molar-refractivity contribution in [1.82, 2.24) is 0 Å². The van der Waals surface area contributed by atoms with E-state index in [1.807, 2.05) is 11.8 Å². The summed E-state index contributed by atoms with van der Waals surface area (Å²) >= 11 is 1.90. The van der Waals surface area contributed by atoms with Crippen molar-refractivity contribution in [3.8, 4) is 5.75 Å². The fourth-order valence-corrected chi connectivity index (χ4v) is 3.37. The number of anilines is 1. The molecule has 1 fully saturated rings. The molecule has 0 spiro atoms. The second kappa shape index (κ2) is 5.48. The van der Waals surface area contributed by atoms with Gasteiger partial charge in [0.15, 0.2) is 0 Å². The van der Waals surface area contributed by atoms with Gasteiger partial charge in [-0.15, -0.1) is 0 Å². The first-order chi connectivity index (χ1) is 8.61. The van der Waals surface area contributed by atoms with Gasteiger partial charge in [0.1, 0.15) is 5.75 Å². The van der Waals surface area contributed by atoms with E-state index in [9.17, 15) is 10.1 Å². The molecule has 2 rings (SSSR count). The lowest BCUT2D eigenvalue weighted by atomic mass is 10.1. The van der Waals surface area contributed by atoms with Crippen LogP contribution in [0.2, 0.25) is 0 Å². The summed E-state index contributed by atoms with van der Waals surface area (Å²) in [5.41, 5.74) is 0.780. The zero-order valence-corrected chi connectivity index (χ0v) is 11.2. The monoisotopic (exact) mass is 268 g/mol. The third kappa shape index (κ3) is 2.69. The molecule has 18 heavy (non-hydrogen) atoms. The van der Waals surface area contributed by atoms with Gasteiger partial charge in [0.2, 0.25) is 0 Å². The SMILES string of the molecule is COc1ccc([N+](=O)[O-])cc1NC1CSCC1C. The number of ether oxygens (including phenoxy) is 1. The van der Waals surface area contributed by atoms with E-state index in [1.54, 1.807) is 13.2 Å². The maximum absolute atomic E-state index is 10.8. The Morgan fingerprint density at radius 3 is 2.83 bits per heavy atom. The number of hydrogen-bond acceptors (Lipinski definition) is 5. The van der Waals surface area contributed by atoms with E-state index < -0.39 is 4.92 Å². The quantitative estimate of drug-likeness (QED) is 0.672. The highest BCUT2D eigenvalue weighted by Crippen LogP contribution is 2.33. The zero-order chi connectivity index (χ0) is 13.1. The van der Waals surface area contributed by atoms with Crippen LogP contribution in [0.25, 0.3) is 0 Å². The summed E-state index contributed by atoms with van der Waals surface area (Å²) in [4.78, 5) is 10.4. The van der Waals surface area contributed by atoms with Gasteiger partial charge in [0.05, 0.1) is 17.7 Å². The Balaban J connectivity index is 2.23. The summed E-state index contributed by atoms with van der Waals surface area (Å²) in [5.74, 6) is 3.34. The molecule has 1 heterocycles. The van der Waals surface area contributed by atoms with E-state index >= 15 is 0 Å². The first-order valence-corrected chi connectivity index (χ1v) is 6.94. The van der Waals surface area contributed by atoms with E-state index in [0.717, 1.165) is 11.5 Å². The number of benzene rings is 1. The molecule has 1 aromatic rings. The Bertz CT molecular complexity index is 453. The standard InChI is InChI=1S/C12H16N2O3S/c1-8-6-18-7-11(8)13-10-5-9(14(15)16)3-4-12(10)17-2/h3-5,8,11,13H,6-7H2,1-2H3. The van der Waals surface area contributed by atoms with Gasteiger partial charge in [-0.25, -0.2) is 0 Å². The number of thioether (sulfide) groups is 1. The summed E-state index contributed by atoms with van der Waals surface area (Å²) in [6.07, 6.45) is 0. The van der Waals surface area contributed by atoms with E-state index in [-0.39, 0.29) is 5.69 Å². The fourth-order valence-electron chi connectivity index (χ4n) is 1.97. The Morgan fingerprint density at radius 2 is 2.28 bits per heavy atom. The Kier molecular flexibility index (Phi) is 3.96. The van der Waals surface area contributed by atoms with Gasteiger partial charge in [-0.2, -0.15) is 11.8 Å². The lowest BCUT2D eigenvalue weighted by Gasteiger charge is -2.19. The molecule has 0 radical (unpaired) electrons. The van der Waals surface area contributed by atoms with Crippen LogP contribution in [0, 0.1) is 16.0 Å². The number of nitro benzene ring substituents is 1. The van der Waals surface area contributed by atoms with Crippen molar-refractivity contribution < 1.29 is 9.66 Å². The number of nitrogens with zero attached hydrogens (tertiary/aromatic N) is 1. The summed E-state index contributed by atoms with van der Waals surface area (Å²) in [7, 11) is 1.57. The van der Waals surface area contributed by atoms with Crippen molar-refractivity contribution >= 4 is 23.1 Å². The molecule has 1 aliphatic rings. The van der Waals surface area contributed by atoms with Gasteiger partial charge in [0.25, 0.3) is 5.69 Å². The minimum Gasteiger partial charge on any atom is -0.495 e. The Hall–Kier alpha value is -1.43. The van der Waals surface area contributed by atoms with Gasteiger partial charge >= 0.3 is 0 Å².